The number of fused-ring (bicyclic) bond motifs is 1. The fourth-order valence-electron chi connectivity index (χ4n) is 3.83. The Balaban J connectivity index is 1.63. The summed E-state index contributed by atoms with van der Waals surface area (Å²) in [4.78, 5) is 20.0. The molecule has 5 aromatic rings. The molecular formula is C27H22N4O2S. The number of rotatable bonds is 6. The quantitative estimate of drug-likeness (QED) is 0.292. The van der Waals surface area contributed by atoms with E-state index >= 15 is 0 Å². The molecule has 2 aromatic heterocycles. The van der Waals surface area contributed by atoms with E-state index in [1.165, 1.54) is 10.8 Å². The maximum absolute atomic E-state index is 10.9. The summed E-state index contributed by atoms with van der Waals surface area (Å²) in [5.41, 5.74) is 7.19. The number of carboxylic acid groups (broad SMARTS) is 1. The summed E-state index contributed by atoms with van der Waals surface area (Å²) >= 11 is 1.09. The monoisotopic (exact) mass is 466 g/mol. The molecule has 6 nitrogen and oxygen atoms in total. The van der Waals surface area contributed by atoms with Crippen LogP contribution in [0.5, 0.6) is 0 Å². The molecule has 5 rings (SSSR count). The number of hydrogen-bond donors (Lipinski definition) is 2. The van der Waals surface area contributed by atoms with Crippen molar-refractivity contribution in [1.29, 1.82) is 0 Å². The second-order valence-electron chi connectivity index (χ2n) is 8.14. The van der Waals surface area contributed by atoms with Gasteiger partial charge in [-0.3, -0.25) is 14.9 Å². The Morgan fingerprint density at radius 3 is 2.38 bits per heavy atom. The number of hydrogen-bond acceptors (Lipinski definition) is 5. The van der Waals surface area contributed by atoms with Gasteiger partial charge in [0.15, 0.2) is 5.82 Å². The molecule has 0 aliphatic carbocycles. The van der Waals surface area contributed by atoms with Gasteiger partial charge in [0.1, 0.15) is 0 Å². The van der Waals surface area contributed by atoms with Crippen molar-refractivity contribution in [3.8, 4) is 33.6 Å². The van der Waals surface area contributed by atoms with Crippen LogP contribution in [0.2, 0.25) is 0 Å². The number of aromatic nitrogens is 4. The first-order valence-electron chi connectivity index (χ1n) is 10.8. The predicted molar refractivity (Wildman–Crippen MR) is 136 cm³/mol. The molecule has 3 aromatic carbocycles. The van der Waals surface area contributed by atoms with Gasteiger partial charge in [-0.25, -0.2) is 4.98 Å². The van der Waals surface area contributed by atoms with Crippen LogP contribution in [0.25, 0.3) is 44.4 Å². The van der Waals surface area contributed by atoms with Crippen LogP contribution in [0, 0.1) is 13.8 Å². The Hall–Kier alpha value is -3.97. The number of nitrogens with one attached hydrogen (secondary N) is 1. The first-order valence-corrected chi connectivity index (χ1v) is 11.8. The molecule has 0 aliphatic rings. The van der Waals surface area contributed by atoms with Gasteiger partial charge in [0.05, 0.1) is 5.75 Å². The number of nitrogens with zero attached hydrogens (tertiary/aromatic N) is 3. The number of benzene rings is 3. The number of H-pyrrole nitrogens is 1. The van der Waals surface area contributed by atoms with Crippen molar-refractivity contribution in [1.82, 2.24) is 20.2 Å². The zero-order valence-corrected chi connectivity index (χ0v) is 19.6. The van der Waals surface area contributed by atoms with Gasteiger partial charge in [-0.1, -0.05) is 48.2 Å². The number of aliphatic carboxylic acids is 1. The molecule has 7 heteroatoms. The van der Waals surface area contributed by atoms with Crippen LogP contribution >= 0.6 is 11.8 Å². The van der Waals surface area contributed by atoms with Gasteiger partial charge in [-0.15, -0.1) is 5.10 Å². The first-order chi connectivity index (χ1) is 16.5. The molecule has 2 heterocycles. The molecule has 168 valence electrons. The minimum atomic E-state index is -0.904. The van der Waals surface area contributed by atoms with Crippen LogP contribution in [0.4, 0.5) is 0 Å². The summed E-state index contributed by atoms with van der Waals surface area (Å²) in [5, 5.41) is 18.9. The molecule has 0 amide bonds. The second-order valence-corrected chi connectivity index (χ2v) is 9.08. The van der Waals surface area contributed by atoms with E-state index in [4.69, 9.17) is 5.11 Å². The normalized spacial score (nSPS) is 11.1. The average molecular weight is 467 g/mol. The SMILES string of the molecule is Cc1cc(-c2cc(-c3ccc4ccccc4c3)cc(-c3nc(SCC(=O)O)n[nH]3)c2)cnc1C. The Morgan fingerprint density at radius 1 is 0.882 bits per heavy atom. The first kappa shape index (κ1) is 21.9. The molecule has 0 atom stereocenters. The van der Waals surface area contributed by atoms with E-state index in [9.17, 15) is 4.79 Å². The topological polar surface area (TPSA) is 91.8 Å². The van der Waals surface area contributed by atoms with Crippen molar-refractivity contribution in [3.05, 3.63) is 84.2 Å². The molecule has 0 unspecified atom stereocenters. The highest BCUT2D eigenvalue weighted by Gasteiger charge is 2.13. The molecule has 34 heavy (non-hydrogen) atoms. The summed E-state index contributed by atoms with van der Waals surface area (Å²) < 4.78 is 0. The van der Waals surface area contributed by atoms with E-state index in [1.807, 2.05) is 25.3 Å². The van der Waals surface area contributed by atoms with Crippen molar-refractivity contribution in [3.63, 3.8) is 0 Å². The zero-order chi connectivity index (χ0) is 23.7. The summed E-state index contributed by atoms with van der Waals surface area (Å²) in [6.07, 6.45) is 1.89. The Morgan fingerprint density at radius 2 is 1.62 bits per heavy atom. The Kier molecular flexibility index (Phi) is 5.86. The van der Waals surface area contributed by atoms with E-state index in [2.05, 4.69) is 81.7 Å². The van der Waals surface area contributed by atoms with E-state index in [0.717, 1.165) is 50.8 Å². The van der Waals surface area contributed by atoms with Gasteiger partial charge in [0, 0.05) is 23.0 Å². The van der Waals surface area contributed by atoms with E-state index in [-0.39, 0.29) is 5.75 Å². The van der Waals surface area contributed by atoms with Crippen LogP contribution in [0.1, 0.15) is 11.3 Å². The number of aryl methyl sites for hydroxylation is 2. The molecule has 0 fully saturated rings. The molecule has 0 aliphatic heterocycles. The van der Waals surface area contributed by atoms with Gasteiger partial charge < -0.3 is 5.11 Å². The second kappa shape index (κ2) is 9.11. The van der Waals surface area contributed by atoms with Gasteiger partial charge >= 0.3 is 5.97 Å². The Labute approximate surface area is 201 Å². The maximum atomic E-state index is 10.9. The third kappa shape index (κ3) is 4.56. The maximum Gasteiger partial charge on any atom is 0.313 e. The summed E-state index contributed by atoms with van der Waals surface area (Å²) in [6, 6.07) is 23.2. The lowest BCUT2D eigenvalue weighted by Crippen LogP contribution is -1.97. The van der Waals surface area contributed by atoms with Crippen molar-refractivity contribution < 1.29 is 9.90 Å². The number of carbonyl (C=O) groups is 1. The van der Waals surface area contributed by atoms with E-state index in [0.29, 0.717) is 11.0 Å². The molecule has 0 bridgehead atoms. The lowest BCUT2D eigenvalue weighted by atomic mass is 9.94. The molecule has 0 saturated carbocycles. The largest absolute Gasteiger partial charge is 0.481 e. The molecule has 2 N–H and O–H groups in total. The van der Waals surface area contributed by atoms with Crippen LogP contribution in [-0.4, -0.2) is 37.0 Å². The fourth-order valence-corrected chi connectivity index (χ4v) is 4.35. The van der Waals surface area contributed by atoms with Crippen molar-refractivity contribution in [2.45, 2.75) is 19.0 Å². The third-order valence-electron chi connectivity index (χ3n) is 5.75. The minimum Gasteiger partial charge on any atom is -0.481 e. The standard InChI is InChI=1S/C27H22N4O2S/c1-16-9-24(14-28-17(16)2)22-11-21(20-8-7-18-5-3-4-6-19(18)10-20)12-23(13-22)26-29-27(31-30-26)34-15-25(32)33/h3-14H,15H2,1-2H3,(H,32,33)(H,29,30,31). The van der Waals surface area contributed by atoms with Crippen LogP contribution < -0.4 is 0 Å². The summed E-state index contributed by atoms with van der Waals surface area (Å²) in [5.74, 6) is -0.402. The zero-order valence-electron chi connectivity index (χ0n) is 18.7. The van der Waals surface area contributed by atoms with Crippen molar-refractivity contribution in [2.75, 3.05) is 5.75 Å². The van der Waals surface area contributed by atoms with Gasteiger partial charge in [-0.05, 0) is 77.2 Å². The summed E-state index contributed by atoms with van der Waals surface area (Å²) in [7, 11) is 0. The smallest absolute Gasteiger partial charge is 0.313 e. The predicted octanol–water partition coefficient (Wildman–Crippen LogP) is 6.15. The molecule has 0 radical (unpaired) electrons. The Bertz CT molecular complexity index is 1530. The fraction of sp³-hybridized carbons (Fsp3) is 0.111. The van der Waals surface area contributed by atoms with E-state index in [1.54, 1.807) is 0 Å². The van der Waals surface area contributed by atoms with Crippen molar-refractivity contribution >= 4 is 28.5 Å². The lowest BCUT2D eigenvalue weighted by Gasteiger charge is -2.11. The average Bonchev–Trinajstić information content (AvgIpc) is 3.33. The number of carboxylic acids is 1. The van der Waals surface area contributed by atoms with Crippen molar-refractivity contribution in [2.24, 2.45) is 0 Å². The molecular weight excluding hydrogens is 444 g/mol. The van der Waals surface area contributed by atoms with Gasteiger partial charge in [0.2, 0.25) is 5.16 Å². The van der Waals surface area contributed by atoms with Crippen LogP contribution in [0.3, 0.4) is 0 Å². The third-order valence-corrected chi connectivity index (χ3v) is 6.58. The highest BCUT2D eigenvalue weighted by molar-refractivity contribution is 7.99. The highest BCUT2D eigenvalue weighted by Crippen LogP contribution is 2.33. The van der Waals surface area contributed by atoms with Crippen LogP contribution in [0.15, 0.2) is 78.1 Å². The number of aromatic amines is 1. The number of thioether (sulfide) groups is 1. The van der Waals surface area contributed by atoms with E-state index < -0.39 is 5.97 Å². The minimum absolute atomic E-state index is 0.0893. The number of pyridine rings is 1. The molecule has 0 spiro atoms. The highest BCUT2D eigenvalue weighted by atomic mass is 32.2. The molecule has 0 saturated heterocycles. The summed E-state index contributed by atoms with van der Waals surface area (Å²) in [6.45, 7) is 4.06. The van der Waals surface area contributed by atoms with Gasteiger partial charge in [0.25, 0.3) is 0 Å². The van der Waals surface area contributed by atoms with Crippen LogP contribution in [-0.2, 0) is 4.79 Å². The van der Waals surface area contributed by atoms with Gasteiger partial charge in [-0.2, -0.15) is 0 Å². The lowest BCUT2D eigenvalue weighted by molar-refractivity contribution is -0.133.